The summed E-state index contributed by atoms with van der Waals surface area (Å²) in [5, 5.41) is 0. The molecule has 1 rings (SSSR count). The van der Waals surface area contributed by atoms with Crippen LogP contribution >= 0.6 is 0 Å². The predicted molar refractivity (Wildman–Crippen MR) is 85.4 cm³/mol. The number of hydrogen-bond donors (Lipinski definition) is 1. The Labute approximate surface area is 125 Å². The van der Waals surface area contributed by atoms with Crippen molar-refractivity contribution in [2.75, 3.05) is 19.3 Å². The van der Waals surface area contributed by atoms with E-state index in [9.17, 15) is 8.42 Å². The molecule has 0 radical (unpaired) electrons. The molecule has 0 spiro atoms. The van der Waals surface area contributed by atoms with Crippen LogP contribution in [0.5, 0.6) is 0 Å². The normalized spacial score (nSPS) is 17.2. The summed E-state index contributed by atoms with van der Waals surface area (Å²) in [6.07, 6.45) is 14.0. The van der Waals surface area contributed by atoms with Crippen LogP contribution in [0.3, 0.4) is 0 Å². The second kappa shape index (κ2) is 11.1. The van der Waals surface area contributed by atoms with Gasteiger partial charge in [-0.3, -0.25) is 4.55 Å². The molecule has 1 saturated heterocycles. The first-order valence-corrected chi connectivity index (χ1v) is 9.59. The summed E-state index contributed by atoms with van der Waals surface area (Å²) in [6, 6.07) is 0. The number of allylic oxidation sites excluding steroid dienone is 2. The second-order valence-corrected chi connectivity index (χ2v) is 6.83. The van der Waals surface area contributed by atoms with Crippen LogP contribution in [-0.2, 0) is 10.1 Å². The summed E-state index contributed by atoms with van der Waals surface area (Å²) in [5.74, 6) is 0. The second-order valence-electron chi connectivity index (χ2n) is 5.37. The van der Waals surface area contributed by atoms with E-state index >= 15 is 0 Å². The summed E-state index contributed by atoms with van der Waals surface area (Å²) < 4.78 is 25.9. The van der Waals surface area contributed by atoms with Gasteiger partial charge in [0.2, 0.25) is 0 Å². The van der Waals surface area contributed by atoms with E-state index in [2.05, 4.69) is 24.8 Å². The lowest BCUT2D eigenvalue weighted by Crippen LogP contribution is -2.18. The molecule has 0 saturated carbocycles. The Balaban J connectivity index is 0.000000621. The third-order valence-electron chi connectivity index (χ3n) is 3.20. The maximum Gasteiger partial charge on any atom is 0.261 e. The van der Waals surface area contributed by atoms with Gasteiger partial charge in [0.1, 0.15) is 0 Å². The molecule has 0 unspecified atom stereocenters. The van der Waals surface area contributed by atoms with Gasteiger partial charge in [0.05, 0.1) is 6.26 Å². The van der Waals surface area contributed by atoms with E-state index in [1.54, 1.807) is 5.70 Å². The summed E-state index contributed by atoms with van der Waals surface area (Å²) in [7, 11) is -3.67. The molecule has 1 heterocycles. The van der Waals surface area contributed by atoms with Crippen molar-refractivity contribution in [2.45, 2.75) is 65.2 Å². The van der Waals surface area contributed by atoms with Gasteiger partial charge in [0, 0.05) is 18.8 Å². The van der Waals surface area contributed by atoms with Gasteiger partial charge in [-0.1, -0.05) is 39.2 Å². The number of nitrogens with zero attached hydrogens (tertiary/aromatic N) is 1. The molecule has 0 aromatic rings. The van der Waals surface area contributed by atoms with E-state index in [0.29, 0.717) is 6.26 Å². The lowest BCUT2D eigenvalue weighted by atomic mass is 10.1. The highest BCUT2D eigenvalue weighted by Gasteiger charge is 2.14. The Morgan fingerprint density at radius 1 is 1.20 bits per heavy atom. The van der Waals surface area contributed by atoms with Crippen LogP contribution in [0.4, 0.5) is 0 Å². The van der Waals surface area contributed by atoms with Gasteiger partial charge in [-0.05, 0) is 32.1 Å². The predicted octanol–water partition coefficient (Wildman–Crippen LogP) is 3.85. The lowest BCUT2D eigenvalue weighted by Gasteiger charge is -2.18. The summed E-state index contributed by atoms with van der Waals surface area (Å²) in [4.78, 5) is 2.58. The van der Waals surface area contributed by atoms with Gasteiger partial charge in [-0.2, -0.15) is 8.42 Å². The maximum absolute atomic E-state index is 9.19. The minimum absolute atomic E-state index is 0.715. The van der Waals surface area contributed by atoms with Crippen LogP contribution in [0.1, 0.15) is 65.2 Å². The van der Waals surface area contributed by atoms with E-state index in [0.717, 1.165) is 0 Å². The smallest absolute Gasteiger partial charge is 0.261 e. The molecule has 0 aliphatic carbocycles. The van der Waals surface area contributed by atoms with Gasteiger partial charge in [0.15, 0.2) is 0 Å². The van der Waals surface area contributed by atoms with Gasteiger partial charge in [-0.15, -0.1) is 0 Å². The first-order chi connectivity index (χ1) is 9.38. The third kappa shape index (κ3) is 12.5. The van der Waals surface area contributed by atoms with Gasteiger partial charge in [0.25, 0.3) is 10.1 Å². The van der Waals surface area contributed by atoms with Gasteiger partial charge in [-0.25, -0.2) is 0 Å². The highest BCUT2D eigenvalue weighted by molar-refractivity contribution is 7.85. The Kier molecular flexibility index (Phi) is 10.8. The van der Waals surface area contributed by atoms with Crippen LogP contribution in [0.2, 0.25) is 0 Å². The topological polar surface area (TPSA) is 57.6 Å². The Hall–Kier alpha value is -0.550. The van der Waals surface area contributed by atoms with E-state index < -0.39 is 10.1 Å². The molecule has 4 nitrogen and oxygen atoms in total. The highest BCUT2D eigenvalue weighted by atomic mass is 32.2. The van der Waals surface area contributed by atoms with Crippen molar-refractivity contribution in [3.8, 4) is 0 Å². The third-order valence-corrected chi connectivity index (χ3v) is 3.20. The molecule has 1 fully saturated rings. The molecule has 0 aromatic heterocycles. The van der Waals surface area contributed by atoms with Crippen molar-refractivity contribution >= 4 is 10.1 Å². The fourth-order valence-corrected chi connectivity index (χ4v) is 2.35. The molecule has 1 aliphatic rings. The standard InChI is InChI=1S/C14H27N.CH4O3S/c1-3-5-6-7-8-10-14-11-9-13-15(14)12-4-2;1-5(2,3)4/h10H,3-9,11-13H2,1-2H3;1H3,(H,2,3,4). The average Bonchev–Trinajstić information content (AvgIpc) is 2.75. The van der Waals surface area contributed by atoms with Crippen LogP contribution in [-0.4, -0.2) is 37.2 Å². The molecule has 0 amide bonds. The molecule has 0 aromatic carbocycles. The van der Waals surface area contributed by atoms with Crippen LogP contribution in [0.25, 0.3) is 0 Å². The molecule has 5 heteroatoms. The average molecular weight is 305 g/mol. The number of rotatable bonds is 7. The monoisotopic (exact) mass is 305 g/mol. The van der Waals surface area contributed by atoms with Gasteiger partial charge >= 0.3 is 0 Å². The Bertz CT molecular complexity index is 355. The van der Waals surface area contributed by atoms with Gasteiger partial charge < -0.3 is 4.90 Å². The molecule has 1 aliphatic heterocycles. The Morgan fingerprint density at radius 3 is 2.40 bits per heavy atom. The molecule has 1 N–H and O–H groups in total. The van der Waals surface area contributed by atoms with E-state index in [-0.39, 0.29) is 0 Å². The number of hydrogen-bond acceptors (Lipinski definition) is 3. The van der Waals surface area contributed by atoms with Crippen molar-refractivity contribution in [3.63, 3.8) is 0 Å². The minimum atomic E-state index is -3.67. The zero-order chi connectivity index (χ0) is 15.4. The fraction of sp³-hybridized carbons (Fsp3) is 0.867. The van der Waals surface area contributed by atoms with E-state index in [1.807, 2.05) is 0 Å². The van der Waals surface area contributed by atoms with Crippen LogP contribution < -0.4 is 0 Å². The van der Waals surface area contributed by atoms with Crippen molar-refractivity contribution < 1.29 is 13.0 Å². The lowest BCUT2D eigenvalue weighted by molar-refractivity contribution is 0.391. The Morgan fingerprint density at radius 2 is 1.85 bits per heavy atom. The SMILES string of the molecule is CCCCCCC=C1CCCN1CCC.CS(=O)(=O)O. The molecular formula is C15H31NO3S. The summed E-state index contributed by atoms with van der Waals surface area (Å²) in [6.45, 7) is 7.12. The van der Waals surface area contributed by atoms with E-state index in [1.165, 1.54) is 64.5 Å². The number of unbranched alkanes of at least 4 members (excludes halogenated alkanes) is 4. The first-order valence-electron chi connectivity index (χ1n) is 7.74. The largest absolute Gasteiger partial charge is 0.375 e. The summed E-state index contributed by atoms with van der Waals surface area (Å²) in [5.41, 5.74) is 1.63. The van der Waals surface area contributed by atoms with Crippen molar-refractivity contribution in [1.29, 1.82) is 0 Å². The zero-order valence-electron chi connectivity index (χ0n) is 13.3. The minimum Gasteiger partial charge on any atom is -0.375 e. The van der Waals surface area contributed by atoms with Crippen molar-refractivity contribution in [1.82, 2.24) is 4.90 Å². The fourth-order valence-electron chi connectivity index (χ4n) is 2.35. The molecule has 20 heavy (non-hydrogen) atoms. The van der Waals surface area contributed by atoms with Crippen LogP contribution in [0.15, 0.2) is 11.8 Å². The summed E-state index contributed by atoms with van der Waals surface area (Å²) >= 11 is 0. The molecular weight excluding hydrogens is 274 g/mol. The molecule has 0 bridgehead atoms. The molecule has 120 valence electrons. The van der Waals surface area contributed by atoms with E-state index in [4.69, 9.17) is 4.55 Å². The van der Waals surface area contributed by atoms with Crippen LogP contribution in [0, 0.1) is 0 Å². The number of likely N-dealkylation sites (tertiary alicyclic amines) is 1. The zero-order valence-corrected chi connectivity index (χ0v) is 14.1. The maximum atomic E-state index is 9.19. The quantitative estimate of drug-likeness (QED) is 0.573. The van der Waals surface area contributed by atoms with Crippen molar-refractivity contribution in [3.05, 3.63) is 11.8 Å². The highest BCUT2D eigenvalue weighted by Crippen LogP contribution is 2.22. The first kappa shape index (κ1) is 19.4. The molecule has 0 atom stereocenters. The van der Waals surface area contributed by atoms with Crippen molar-refractivity contribution in [2.24, 2.45) is 0 Å².